The molecule has 3 nitrogen and oxygen atoms in total. The van der Waals surface area contributed by atoms with Crippen molar-refractivity contribution in [2.45, 2.75) is 0 Å². The molecule has 0 saturated heterocycles. The summed E-state index contributed by atoms with van der Waals surface area (Å²) in [5.74, 6) is -0.966. The zero-order valence-electron chi connectivity index (χ0n) is 9.68. The van der Waals surface area contributed by atoms with E-state index in [1.807, 2.05) is 0 Å². The minimum Gasteiger partial charge on any atom is -0.268 e. The van der Waals surface area contributed by atoms with Crippen LogP contribution in [0.15, 0.2) is 53.6 Å². The lowest BCUT2D eigenvalue weighted by molar-refractivity contribution is 0.625. The van der Waals surface area contributed by atoms with Gasteiger partial charge in [-0.15, -0.1) is 0 Å². The van der Waals surface area contributed by atoms with Crippen LogP contribution in [0.4, 0.5) is 8.78 Å². The number of hydrogen-bond donors (Lipinski definition) is 0. The zero-order valence-corrected chi connectivity index (χ0v) is 9.68. The molecule has 0 aliphatic rings. The molecule has 0 aliphatic carbocycles. The van der Waals surface area contributed by atoms with Crippen LogP contribution >= 0.6 is 0 Å². The lowest BCUT2D eigenvalue weighted by Crippen LogP contribution is -2.19. The topological polar surface area (TPSA) is 34.9 Å². The van der Waals surface area contributed by atoms with Crippen LogP contribution in [0.3, 0.4) is 0 Å². The second kappa shape index (κ2) is 4.28. The van der Waals surface area contributed by atoms with E-state index in [0.717, 1.165) is 6.07 Å². The van der Waals surface area contributed by atoms with Crippen molar-refractivity contribution in [1.29, 1.82) is 0 Å². The highest BCUT2D eigenvalue weighted by Crippen LogP contribution is 2.12. The SMILES string of the molecule is O=c1c2cc(F)ccc2ncn1-c1cccc(F)c1. The third-order valence-corrected chi connectivity index (χ3v) is 2.81. The number of rotatable bonds is 1. The van der Waals surface area contributed by atoms with E-state index in [0.29, 0.717) is 11.2 Å². The third-order valence-electron chi connectivity index (χ3n) is 2.81. The van der Waals surface area contributed by atoms with Crippen LogP contribution in [-0.4, -0.2) is 9.55 Å². The largest absolute Gasteiger partial charge is 0.268 e. The first-order valence-electron chi connectivity index (χ1n) is 5.58. The summed E-state index contributed by atoms with van der Waals surface area (Å²) in [5, 5.41) is 0.159. The molecule has 2 aromatic carbocycles. The van der Waals surface area contributed by atoms with Gasteiger partial charge >= 0.3 is 0 Å². The summed E-state index contributed by atoms with van der Waals surface area (Å²) >= 11 is 0. The van der Waals surface area contributed by atoms with E-state index in [-0.39, 0.29) is 5.39 Å². The highest BCUT2D eigenvalue weighted by atomic mass is 19.1. The smallest absolute Gasteiger partial charge is 0.265 e. The Bertz CT molecular complexity index is 827. The van der Waals surface area contributed by atoms with Gasteiger partial charge in [-0.05, 0) is 36.4 Å². The number of halogens is 2. The Morgan fingerprint density at radius 2 is 1.79 bits per heavy atom. The van der Waals surface area contributed by atoms with Crippen LogP contribution in [0.25, 0.3) is 16.6 Å². The van der Waals surface area contributed by atoms with Gasteiger partial charge < -0.3 is 0 Å². The summed E-state index contributed by atoms with van der Waals surface area (Å²) in [5.41, 5.74) is 0.317. The van der Waals surface area contributed by atoms with Crippen molar-refractivity contribution in [3.8, 4) is 5.69 Å². The van der Waals surface area contributed by atoms with Crippen LogP contribution in [-0.2, 0) is 0 Å². The quantitative estimate of drug-likeness (QED) is 0.672. The molecule has 5 heteroatoms. The van der Waals surface area contributed by atoms with Crippen molar-refractivity contribution in [3.05, 3.63) is 70.8 Å². The molecule has 0 spiro atoms. The predicted molar refractivity (Wildman–Crippen MR) is 67.3 cm³/mol. The molecule has 0 N–H and O–H groups in total. The molecule has 0 atom stereocenters. The first kappa shape index (κ1) is 11.5. The van der Waals surface area contributed by atoms with Gasteiger partial charge in [0.25, 0.3) is 5.56 Å². The average Bonchev–Trinajstić information content (AvgIpc) is 2.40. The molecular weight excluding hydrogens is 250 g/mol. The van der Waals surface area contributed by atoms with Crippen LogP contribution in [0.2, 0.25) is 0 Å². The number of aromatic nitrogens is 2. The molecule has 0 unspecified atom stereocenters. The Kier molecular flexibility index (Phi) is 2.59. The molecule has 0 amide bonds. The van der Waals surface area contributed by atoms with Gasteiger partial charge in [0.05, 0.1) is 16.6 Å². The van der Waals surface area contributed by atoms with E-state index in [4.69, 9.17) is 0 Å². The van der Waals surface area contributed by atoms with E-state index >= 15 is 0 Å². The van der Waals surface area contributed by atoms with E-state index in [9.17, 15) is 13.6 Å². The first-order chi connectivity index (χ1) is 9.15. The van der Waals surface area contributed by atoms with Crippen molar-refractivity contribution in [3.63, 3.8) is 0 Å². The van der Waals surface area contributed by atoms with Gasteiger partial charge in [0.15, 0.2) is 0 Å². The fourth-order valence-corrected chi connectivity index (χ4v) is 1.90. The maximum absolute atomic E-state index is 13.2. The molecule has 1 aromatic heterocycles. The number of nitrogens with zero attached hydrogens (tertiary/aromatic N) is 2. The molecule has 1 heterocycles. The molecule has 0 saturated carbocycles. The lowest BCUT2D eigenvalue weighted by atomic mass is 10.2. The summed E-state index contributed by atoms with van der Waals surface area (Å²) in [4.78, 5) is 16.3. The number of benzene rings is 2. The number of fused-ring (bicyclic) bond motifs is 1. The lowest BCUT2D eigenvalue weighted by Gasteiger charge is -2.06. The second-order valence-corrected chi connectivity index (χ2v) is 4.06. The molecule has 0 aliphatic heterocycles. The normalized spacial score (nSPS) is 10.8. The Morgan fingerprint density at radius 3 is 2.58 bits per heavy atom. The Morgan fingerprint density at radius 1 is 1.00 bits per heavy atom. The third kappa shape index (κ3) is 1.99. The molecule has 0 radical (unpaired) electrons. The van der Waals surface area contributed by atoms with E-state index in [1.165, 1.54) is 41.2 Å². The van der Waals surface area contributed by atoms with Gasteiger partial charge in [-0.2, -0.15) is 0 Å². The van der Waals surface area contributed by atoms with Crippen molar-refractivity contribution < 1.29 is 8.78 Å². The van der Waals surface area contributed by atoms with Crippen LogP contribution in [0.5, 0.6) is 0 Å². The van der Waals surface area contributed by atoms with Crippen molar-refractivity contribution in [2.75, 3.05) is 0 Å². The summed E-state index contributed by atoms with van der Waals surface area (Å²) in [6.45, 7) is 0. The highest BCUT2D eigenvalue weighted by Gasteiger charge is 2.07. The van der Waals surface area contributed by atoms with Crippen LogP contribution < -0.4 is 5.56 Å². The van der Waals surface area contributed by atoms with Gasteiger partial charge in [0.2, 0.25) is 0 Å². The molecule has 3 aromatic rings. The summed E-state index contributed by atoms with van der Waals surface area (Å²) in [7, 11) is 0. The molecular formula is C14H8F2N2O. The fraction of sp³-hybridized carbons (Fsp3) is 0. The van der Waals surface area contributed by atoms with Gasteiger partial charge in [-0.25, -0.2) is 13.8 Å². The summed E-state index contributed by atoms with van der Waals surface area (Å²) in [6, 6.07) is 9.37. The van der Waals surface area contributed by atoms with Gasteiger partial charge in [-0.1, -0.05) is 6.07 Å². The van der Waals surface area contributed by atoms with Crippen molar-refractivity contribution >= 4 is 10.9 Å². The standard InChI is InChI=1S/C14H8F2N2O/c15-9-2-1-3-11(6-9)18-8-17-13-5-4-10(16)7-12(13)14(18)19/h1-8H. The minimum absolute atomic E-state index is 0.159. The monoisotopic (exact) mass is 258 g/mol. The van der Waals surface area contributed by atoms with Gasteiger partial charge in [0.1, 0.15) is 18.0 Å². The fourth-order valence-electron chi connectivity index (χ4n) is 1.90. The molecule has 0 bridgehead atoms. The highest BCUT2D eigenvalue weighted by molar-refractivity contribution is 5.77. The summed E-state index contributed by atoms with van der Waals surface area (Å²) in [6.07, 6.45) is 1.30. The maximum atomic E-state index is 13.2. The van der Waals surface area contributed by atoms with Crippen molar-refractivity contribution in [2.24, 2.45) is 0 Å². The zero-order chi connectivity index (χ0) is 13.4. The Labute approximate surface area is 106 Å². The Balaban J connectivity index is 2.31. The van der Waals surface area contributed by atoms with Gasteiger partial charge in [-0.3, -0.25) is 9.36 Å². The number of hydrogen-bond acceptors (Lipinski definition) is 2. The predicted octanol–water partition coefficient (Wildman–Crippen LogP) is 2.66. The maximum Gasteiger partial charge on any atom is 0.265 e. The van der Waals surface area contributed by atoms with E-state index in [1.54, 1.807) is 6.07 Å². The Hall–Kier alpha value is -2.56. The second-order valence-electron chi connectivity index (χ2n) is 4.06. The molecule has 19 heavy (non-hydrogen) atoms. The molecule has 94 valence electrons. The average molecular weight is 258 g/mol. The first-order valence-corrected chi connectivity index (χ1v) is 5.58. The molecule has 3 rings (SSSR count). The van der Waals surface area contributed by atoms with Crippen LogP contribution in [0.1, 0.15) is 0 Å². The van der Waals surface area contributed by atoms with Gasteiger partial charge in [0, 0.05) is 0 Å². The minimum atomic E-state index is -0.511. The van der Waals surface area contributed by atoms with Crippen LogP contribution in [0, 0.1) is 11.6 Å². The molecule has 0 fully saturated rings. The van der Waals surface area contributed by atoms with E-state index < -0.39 is 17.2 Å². The van der Waals surface area contributed by atoms with Crippen molar-refractivity contribution in [1.82, 2.24) is 9.55 Å². The summed E-state index contributed by atoms with van der Waals surface area (Å²) < 4.78 is 27.5. The van der Waals surface area contributed by atoms with E-state index in [2.05, 4.69) is 4.98 Å².